The van der Waals surface area contributed by atoms with E-state index in [2.05, 4.69) is 76.3 Å². The van der Waals surface area contributed by atoms with E-state index in [1.807, 2.05) is 97.9 Å². The molecule has 1 atom stereocenters. The number of nitrogens with zero attached hydrogens (tertiary/aromatic N) is 4. The van der Waals surface area contributed by atoms with Gasteiger partial charge in [0.05, 0.1) is 57.6 Å². The zero-order valence-corrected chi connectivity index (χ0v) is 83.2. The molecule has 9 aromatic rings. The minimum Gasteiger partial charge on any atom is -0.463 e. The largest absolute Gasteiger partial charge is 0.463 e. The van der Waals surface area contributed by atoms with Gasteiger partial charge in [0, 0.05) is 181 Å². The SMILES string of the molecule is C.C=C(C)OCOC(=O)c1ccccc1-c1c2ccc(=[NH2+])cc-2oc2cc(N)ccc12.C=C(C)OCOC(=O)c1ccccc1C1=c2cc3c4c(c2Oc2c1cc1c5c2CCCN5CCC1)CCC[N+]=4CCC3.CC1=c2cc3c4c(c2Oc2c1cc1c5c2CCCN5CCC1)CCC[N+]=4CCC3.CCCCCCCCCCCCCCC(C)OC(=O)c1ccccc1-c1c2ccc(=[NH2+])cc-2oc2cc(N)ccc12. The Morgan fingerprint density at radius 1 is 0.420 bits per heavy atom. The third-order valence-corrected chi connectivity index (χ3v) is 30.2. The topological polar surface area (TPSA) is 258 Å². The van der Waals surface area contributed by atoms with Gasteiger partial charge in [0.25, 0.3) is 0 Å². The summed E-state index contributed by atoms with van der Waals surface area (Å²) in [4.78, 5) is 45.0. The number of hydrogen-bond acceptors (Lipinski definition) is 16. The Morgan fingerprint density at radius 3 is 1.31 bits per heavy atom. The number of esters is 3. The second kappa shape index (κ2) is 43.4. The smallest absolute Gasteiger partial charge is 0.341 e. The van der Waals surface area contributed by atoms with E-state index >= 15 is 0 Å². The maximum atomic E-state index is 13.5. The van der Waals surface area contributed by atoms with Gasteiger partial charge in [0.15, 0.2) is 10.7 Å². The molecule has 2 aliphatic carbocycles. The maximum Gasteiger partial charge on any atom is 0.341 e. The number of hydrogen-bond donors (Lipinski definition) is 4. The van der Waals surface area contributed by atoms with Crippen LogP contribution < -0.4 is 82.6 Å². The van der Waals surface area contributed by atoms with Crippen molar-refractivity contribution in [3.8, 4) is 67.9 Å². The summed E-state index contributed by atoms with van der Waals surface area (Å²) in [6.45, 7) is 26.4. The second-order valence-corrected chi connectivity index (χ2v) is 40.2. The van der Waals surface area contributed by atoms with Crippen LogP contribution in [0.5, 0.6) is 23.0 Å². The van der Waals surface area contributed by atoms with Gasteiger partial charge in [-0.25, -0.2) is 23.5 Å². The Bertz CT molecular complexity index is 7500. The number of carbonyl (C=O) groups is 3. The Morgan fingerprint density at radius 2 is 0.825 bits per heavy atom. The summed E-state index contributed by atoms with van der Waals surface area (Å²) >= 11 is 0. The monoisotopic (exact) mass is 1920 g/mol. The highest BCUT2D eigenvalue weighted by Gasteiger charge is 2.40. The molecule has 8 N–H and O–H groups in total. The number of rotatable bonds is 26. The molecule has 0 bridgehead atoms. The van der Waals surface area contributed by atoms with Crippen molar-refractivity contribution in [3.05, 3.63) is 304 Å². The standard InChI is InChI=1S/C36H37N2O4.C36H46N2O3.C26H29N2O.C24H20N2O4.CH4/c1-22(2)40-21-41-36(39)26-12-4-3-11-25(26)31-29-19-23-9-5-15-37-17-7-13-27(32(23)37)34(29)42-35-28-14-8-18-38-16-6-10-24(33(28)38)20-30(31)35;1-3-4-5-6-7-8-9-10-11-12-13-14-17-26(2)40-36(39)30-19-16-15-18-29(30)35-31-22-20-27(37)24-33(31)41-34-25-28(38)21-23-32(34)35;1-16-21-14-17-6-2-10-27-12-4-8-19(23(17)27)25(21)29-26-20-9-5-13-28-11-3-7-18(24(20)28)15-22(16)26;1-14(2)28-13-29-24(27)18-6-4-3-5-17(18)23-19-9-7-15(25)11-21(19)30-22-12-16(26)8-10-20(22)23;/h3-4,11-12,19-20H,1,5-10,13-18,21H2,2H3;15-16,18-26,37H,3-14,17,38H2,1-2H3;14-15H,2-13H2,1H3;3-12,25H,1,13,26H2,2H3;1H4/q+1;;+1;;/p+2. The quantitative estimate of drug-likeness (QED) is 0.00574. The second-order valence-electron chi connectivity index (χ2n) is 40.2. The van der Waals surface area contributed by atoms with Crippen molar-refractivity contribution in [3.63, 3.8) is 0 Å². The van der Waals surface area contributed by atoms with Gasteiger partial charge in [0.1, 0.15) is 71.9 Å². The fraction of sp³-hybridized carbons (Fsp3) is 0.374. The molecule has 0 amide bonds. The lowest BCUT2D eigenvalue weighted by Crippen LogP contribution is -2.45. The van der Waals surface area contributed by atoms with Crippen LogP contribution in [0.1, 0.15) is 269 Å². The van der Waals surface area contributed by atoms with Gasteiger partial charge in [-0.3, -0.25) is 10.8 Å². The molecule has 12 aliphatic heterocycles. The van der Waals surface area contributed by atoms with E-state index in [0.717, 1.165) is 175 Å². The van der Waals surface area contributed by atoms with Gasteiger partial charge in [-0.2, -0.15) is 0 Å². The van der Waals surface area contributed by atoms with E-state index in [-0.39, 0.29) is 33.1 Å². The molecule has 738 valence electrons. The number of nitrogens with two attached hydrogens (primary N) is 4. The van der Waals surface area contributed by atoms with Crippen molar-refractivity contribution in [2.24, 2.45) is 0 Å². The van der Waals surface area contributed by atoms with Crippen molar-refractivity contribution in [1.29, 1.82) is 0 Å². The molecule has 0 fully saturated rings. The summed E-state index contributed by atoms with van der Waals surface area (Å²) in [7, 11) is 0. The highest BCUT2D eigenvalue weighted by molar-refractivity contribution is 6.10. The number of ether oxygens (including phenoxy) is 7. The Hall–Kier alpha value is -14.0. The predicted molar refractivity (Wildman–Crippen MR) is 569 cm³/mol. The first-order valence-corrected chi connectivity index (χ1v) is 52.2. The number of aryl methyl sites for hydroxylation is 4. The van der Waals surface area contributed by atoms with Crippen molar-refractivity contribution in [2.75, 3.05) is 87.2 Å². The summed E-state index contributed by atoms with van der Waals surface area (Å²) in [5.41, 5.74) is 41.2. The van der Waals surface area contributed by atoms with Crippen molar-refractivity contribution in [2.45, 2.75) is 234 Å². The van der Waals surface area contributed by atoms with Crippen LogP contribution in [0, 0.1) is 0 Å². The number of nitrogen functional groups attached to an aromatic ring is 2. The number of allylic oxidation sites excluding steroid dienone is 2. The number of benzene rings is 11. The molecule has 143 heavy (non-hydrogen) atoms. The van der Waals surface area contributed by atoms with Crippen molar-refractivity contribution in [1.82, 2.24) is 9.15 Å². The van der Waals surface area contributed by atoms with E-state index in [0.29, 0.717) is 78.5 Å². The van der Waals surface area contributed by atoms with Gasteiger partial charge < -0.3 is 63.3 Å². The summed E-state index contributed by atoms with van der Waals surface area (Å²) < 4.78 is 58.8. The van der Waals surface area contributed by atoms with E-state index in [1.165, 1.54) is 219 Å². The van der Waals surface area contributed by atoms with Crippen LogP contribution >= 0.6 is 0 Å². The van der Waals surface area contributed by atoms with Crippen molar-refractivity contribution >= 4 is 73.7 Å². The lowest BCUT2D eigenvalue weighted by molar-refractivity contribution is -0.173. The van der Waals surface area contributed by atoms with E-state index in [1.54, 1.807) is 73.5 Å². The normalized spacial score (nSPS) is 15.3. The number of fused-ring (bicyclic) bond motifs is 12. The first kappa shape index (κ1) is 97.8. The Kier molecular flexibility index (Phi) is 29.7. The van der Waals surface area contributed by atoms with E-state index < -0.39 is 11.9 Å². The molecule has 9 aromatic carbocycles. The van der Waals surface area contributed by atoms with Crippen LogP contribution in [-0.4, -0.2) is 90.0 Å². The molecule has 20 heteroatoms. The average Bonchev–Trinajstić information content (AvgIpc) is 0.787. The molecule has 0 aromatic heterocycles. The number of anilines is 4. The lowest BCUT2D eigenvalue weighted by Gasteiger charge is -2.39. The molecule has 1 unspecified atom stereocenters. The summed E-state index contributed by atoms with van der Waals surface area (Å²) in [6.07, 6.45) is 35.1. The molecule has 0 spiro atoms. The zero-order chi connectivity index (χ0) is 97.8. The van der Waals surface area contributed by atoms with Crippen LogP contribution in [0.2, 0.25) is 0 Å². The number of unbranched alkanes of at least 4 members (excludes halogenated alkanes) is 11. The fourth-order valence-electron chi connectivity index (χ4n) is 23.7. The van der Waals surface area contributed by atoms with Gasteiger partial charge in [-0.1, -0.05) is 153 Å². The van der Waals surface area contributed by atoms with Gasteiger partial charge >= 0.3 is 17.9 Å². The summed E-state index contributed by atoms with van der Waals surface area (Å²) in [6, 6.07) is 54.5. The molecule has 23 rings (SSSR count). The van der Waals surface area contributed by atoms with Crippen LogP contribution in [0.25, 0.3) is 78.0 Å². The van der Waals surface area contributed by atoms with Crippen LogP contribution in [-0.2, 0) is 75.1 Å². The maximum absolute atomic E-state index is 13.5. The summed E-state index contributed by atoms with van der Waals surface area (Å²) in [5.74, 6) is 5.35. The zero-order valence-electron chi connectivity index (χ0n) is 83.2. The third-order valence-electron chi connectivity index (χ3n) is 30.2. The van der Waals surface area contributed by atoms with Crippen molar-refractivity contribution < 1.29 is 67.2 Å². The van der Waals surface area contributed by atoms with Crippen LogP contribution in [0.4, 0.5) is 22.7 Å². The average molecular weight is 1920 g/mol. The highest BCUT2D eigenvalue weighted by Crippen LogP contribution is 2.52. The molecular weight excluding hydrogens is 1780 g/mol. The van der Waals surface area contributed by atoms with Crippen LogP contribution in [0.3, 0.4) is 0 Å². The molecule has 14 aliphatic rings. The number of carbonyl (C=O) groups excluding carboxylic acids is 3. The molecule has 0 saturated heterocycles. The van der Waals surface area contributed by atoms with Gasteiger partial charge in [0.2, 0.25) is 24.3 Å². The molecule has 0 radical (unpaired) electrons. The van der Waals surface area contributed by atoms with Crippen LogP contribution in [0.15, 0.2) is 203 Å². The lowest BCUT2D eigenvalue weighted by atomic mass is 9.82. The molecule has 12 heterocycles. The fourth-order valence-corrected chi connectivity index (χ4v) is 23.7. The summed E-state index contributed by atoms with van der Waals surface area (Å²) in [5, 5.41) is 20.3. The predicted octanol–water partition coefficient (Wildman–Crippen LogP) is 19.7. The first-order valence-electron chi connectivity index (χ1n) is 52.2. The minimum absolute atomic E-state index is 0. The molecule has 20 nitrogen and oxygen atoms in total. The first-order chi connectivity index (χ1) is 69.3. The van der Waals surface area contributed by atoms with Gasteiger partial charge in [-0.15, -0.1) is 0 Å². The molecular formula is C123H138N8O12+4. The third kappa shape index (κ3) is 20.2. The van der Waals surface area contributed by atoms with E-state index in [4.69, 9.17) is 64.3 Å². The minimum atomic E-state index is -0.500. The molecule has 0 saturated carbocycles. The Balaban J connectivity index is 0.000000122. The van der Waals surface area contributed by atoms with E-state index in [9.17, 15) is 14.4 Å². The Labute approximate surface area is 838 Å². The highest BCUT2D eigenvalue weighted by atomic mass is 16.7. The van der Waals surface area contributed by atoms with Gasteiger partial charge in [-0.05, 0) is 230 Å².